The Balaban J connectivity index is 2.12. The maximum absolute atomic E-state index is 11.0. The lowest BCUT2D eigenvalue weighted by Gasteiger charge is -2.00. The first-order valence-electron chi connectivity index (χ1n) is 5.80. The van der Waals surface area contributed by atoms with E-state index in [0.717, 1.165) is 12.0 Å². The van der Waals surface area contributed by atoms with Gasteiger partial charge in [-0.1, -0.05) is 60.7 Å². The number of carboxylic acid groups (broad SMARTS) is 1. The van der Waals surface area contributed by atoms with E-state index >= 15 is 0 Å². The summed E-state index contributed by atoms with van der Waals surface area (Å²) in [4.78, 5) is 11.0. The lowest BCUT2D eigenvalue weighted by Crippen LogP contribution is -1.98. The van der Waals surface area contributed by atoms with Crippen molar-refractivity contribution in [2.45, 2.75) is 6.42 Å². The smallest absolute Gasteiger partial charge is 0.336 e. The van der Waals surface area contributed by atoms with Gasteiger partial charge in [0.05, 0.1) is 5.56 Å². The van der Waals surface area contributed by atoms with Gasteiger partial charge in [0.1, 0.15) is 0 Å². The number of carbonyl (C=O) groups is 1. The summed E-state index contributed by atoms with van der Waals surface area (Å²) in [6.45, 7) is 0. The van der Waals surface area contributed by atoms with E-state index in [1.54, 1.807) is 12.1 Å². The summed E-state index contributed by atoms with van der Waals surface area (Å²) in [5.41, 5.74) is 2.28. The average Bonchev–Trinajstić information content (AvgIpc) is 2.40. The van der Waals surface area contributed by atoms with Gasteiger partial charge in [-0.3, -0.25) is 0 Å². The van der Waals surface area contributed by atoms with Crippen LogP contribution in [0.15, 0.2) is 60.7 Å². The zero-order valence-electron chi connectivity index (χ0n) is 9.91. The highest BCUT2D eigenvalue weighted by Crippen LogP contribution is 2.11. The maximum atomic E-state index is 11.0. The van der Waals surface area contributed by atoms with Crippen LogP contribution in [-0.2, 0) is 6.42 Å². The van der Waals surface area contributed by atoms with Gasteiger partial charge < -0.3 is 5.11 Å². The minimum Gasteiger partial charge on any atom is -0.478 e. The quantitative estimate of drug-likeness (QED) is 0.882. The van der Waals surface area contributed by atoms with Crippen LogP contribution in [0.25, 0.3) is 6.08 Å². The van der Waals surface area contributed by atoms with Gasteiger partial charge in [-0.15, -0.1) is 0 Å². The van der Waals surface area contributed by atoms with Gasteiger partial charge in [-0.25, -0.2) is 4.79 Å². The highest BCUT2D eigenvalue weighted by molar-refractivity contribution is 5.92. The average molecular weight is 238 g/mol. The van der Waals surface area contributed by atoms with Crippen molar-refractivity contribution in [2.24, 2.45) is 0 Å². The summed E-state index contributed by atoms with van der Waals surface area (Å²) in [7, 11) is 0. The second-order valence-corrected chi connectivity index (χ2v) is 3.98. The molecule has 0 aliphatic heterocycles. The van der Waals surface area contributed by atoms with E-state index in [9.17, 15) is 4.79 Å². The van der Waals surface area contributed by atoms with Crippen LogP contribution in [0.5, 0.6) is 0 Å². The molecule has 2 aromatic carbocycles. The van der Waals surface area contributed by atoms with Crippen molar-refractivity contribution in [3.63, 3.8) is 0 Å². The molecule has 0 bridgehead atoms. The SMILES string of the molecule is O=C(O)c1ccccc1C=CCc1ccccc1. The zero-order chi connectivity index (χ0) is 12.8. The number of hydrogen-bond donors (Lipinski definition) is 1. The van der Waals surface area contributed by atoms with Crippen LogP contribution < -0.4 is 0 Å². The number of carboxylic acids is 1. The molecule has 0 unspecified atom stereocenters. The molecule has 2 nitrogen and oxygen atoms in total. The first-order valence-corrected chi connectivity index (χ1v) is 5.80. The van der Waals surface area contributed by atoms with Gasteiger partial charge in [0.15, 0.2) is 0 Å². The molecule has 0 atom stereocenters. The number of aromatic carboxylic acids is 1. The number of allylic oxidation sites excluding steroid dienone is 1. The molecule has 0 aliphatic carbocycles. The highest BCUT2D eigenvalue weighted by Gasteiger charge is 2.05. The Bertz CT molecular complexity index is 556. The van der Waals surface area contributed by atoms with Crippen molar-refractivity contribution in [2.75, 3.05) is 0 Å². The summed E-state index contributed by atoms with van der Waals surface area (Å²) in [6.07, 6.45) is 4.64. The van der Waals surface area contributed by atoms with Crippen molar-refractivity contribution in [3.8, 4) is 0 Å². The lowest BCUT2D eigenvalue weighted by atomic mass is 10.1. The van der Waals surface area contributed by atoms with E-state index in [-0.39, 0.29) is 0 Å². The van der Waals surface area contributed by atoms with Crippen molar-refractivity contribution >= 4 is 12.0 Å². The Kier molecular flexibility index (Phi) is 3.92. The third kappa shape index (κ3) is 3.08. The van der Waals surface area contributed by atoms with Gasteiger partial charge in [-0.2, -0.15) is 0 Å². The van der Waals surface area contributed by atoms with E-state index in [1.807, 2.05) is 54.6 Å². The molecule has 0 aliphatic rings. The largest absolute Gasteiger partial charge is 0.478 e. The van der Waals surface area contributed by atoms with Crippen molar-refractivity contribution in [1.29, 1.82) is 0 Å². The van der Waals surface area contributed by atoms with E-state index in [4.69, 9.17) is 5.11 Å². The molecule has 90 valence electrons. The van der Waals surface area contributed by atoms with E-state index < -0.39 is 5.97 Å². The number of benzene rings is 2. The fourth-order valence-corrected chi connectivity index (χ4v) is 1.77. The first kappa shape index (κ1) is 12.1. The first-order chi connectivity index (χ1) is 8.77. The zero-order valence-corrected chi connectivity index (χ0v) is 9.91. The molecule has 2 rings (SSSR count). The molecule has 18 heavy (non-hydrogen) atoms. The second-order valence-electron chi connectivity index (χ2n) is 3.98. The van der Waals surface area contributed by atoms with Crippen LogP contribution >= 0.6 is 0 Å². The molecule has 0 aromatic heterocycles. The number of hydrogen-bond acceptors (Lipinski definition) is 1. The monoisotopic (exact) mass is 238 g/mol. The van der Waals surface area contributed by atoms with Gasteiger partial charge in [0.2, 0.25) is 0 Å². The van der Waals surface area contributed by atoms with Gasteiger partial charge in [-0.05, 0) is 23.6 Å². The maximum Gasteiger partial charge on any atom is 0.336 e. The van der Waals surface area contributed by atoms with Crippen LogP contribution in [0.4, 0.5) is 0 Å². The van der Waals surface area contributed by atoms with Crippen LogP contribution in [0.3, 0.4) is 0 Å². The van der Waals surface area contributed by atoms with Gasteiger partial charge in [0, 0.05) is 0 Å². The van der Waals surface area contributed by atoms with Crippen LogP contribution in [0.1, 0.15) is 21.5 Å². The third-order valence-electron chi connectivity index (χ3n) is 2.68. The van der Waals surface area contributed by atoms with Crippen molar-refractivity contribution in [1.82, 2.24) is 0 Å². The van der Waals surface area contributed by atoms with E-state index in [0.29, 0.717) is 5.56 Å². The molecule has 0 amide bonds. The third-order valence-corrected chi connectivity index (χ3v) is 2.68. The predicted octanol–water partition coefficient (Wildman–Crippen LogP) is 3.64. The molecule has 0 spiro atoms. The second kappa shape index (κ2) is 5.82. The van der Waals surface area contributed by atoms with Crippen molar-refractivity contribution < 1.29 is 9.90 Å². The Hall–Kier alpha value is -2.35. The van der Waals surface area contributed by atoms with Gasteiger partial charge in [0.25, 0.3) is 0 Å². The molecular weight excluding hydrogens is 224 g/mol. The fraction of sp³-hybridized carbons (Fsp3) is 0.0625. The van der Waals surface area contributed by atoms with Crippen LogP contribution in [0.2, 0.25) is 0 Å². The molecule has 1 N–H and O–H groups in total. The molecule has 0 saturated heterocycles. The molecule has 0 saturated carbocycles. The summed E-state index contributed by atoms with van der Waals surface area (Å²) >= 11 is 0. The summed E-state index contributed by atoms with van der Waals surface area (Å²) in [5, 5.41) is 9.05. The molecular formula is C16H14O2. The lowest BCUT2D eigenvalue weighted by molar-refractivity contribution is 0.0696. The van der Waals surface area contributed by atoms with E-state index in [1.165, 1.54) is 5.56 Å². The number of rotatable bonds is 4. The molecule has 2 aromatic rings. The van der Waals surface area contributed by atoms with Crippen molar-refractivity contribution in [3.05, 3.63) is 77.4 Å². The minimum atomic E-state index is -0.894. The molecule has 0 radical (unpaired) electrons. The van der Waals surface area contributed by atoms with Gasteiger partial charge >= 0.3 is 5.97 Å². The molecule has 0 fully saturated rings. The minimum absolute atomic E-state index is 0.335. The Morgan fingerprint density at radius 3 is 2.39 bits per heavy atom. The highest BCUT2D eigenvalue weighted by atomic mass is 16.4. The van der Waals surface area contributed by atoms with E-state index in [2.05, 4.69) is 0 Å². The summed E-state index contributed by atoms with van der Waals surface area (Å²) in [6, 6.07) is 17.1. The normalized spacial score (nSPS) is 10.7. The standard InChI is InChI=1S/C16H14O2/c17-16(18)15-12-5-4-10-14(15)11-6-9-13-7-2-1-3-8-13/h1-8,10-12H,9H2,(H,17,18). The predicted molar refractivity (Wildman–Crippen MR) is 72.6 cm³/mol. The summed E-state index contributed by atoms with van der Waals surface area (Å²) < 4.78 is 0. The Morgan fingerprint density at radius 2 is 1.67 bits per heavy atom. The Morgan fingerprint density at radius 1 is 1.00 bits per heavy atom. The molecule has 0 heterocycles. The Labute approximate surface area is 106 Å². The van der Waals surface area contributed by atoms with Crippen LogP contribution in [-0.4, -0.2) is 11.1 Å². The topological polar surface area (TPSA) is 37.3 Å². The molecule has 2 heteroatoms. The summed E-state index contributed by atoms with van der Waals surface area (Å²) in [5.74, 6) is -0.894. The fourth-order valence-electron chi connectivity index (χ4n) is 1.77. The van der Waals surface area contributed by atoms with Crippen LogP contribution in [0, 0.1) is 0 Å².